The molecule has 0 atom stereocenters. The van der Waals surface area contributed by atoms with E-state index in [2.05, 4.69) is 37.1 Å². The second-order valence-corrected chi connectivity index (χ2v) is 5.60. The van der Waals surface area contributed by atoms with Crippen LogP contribution < -0.4 is 0 Å². The van der Waals surface area contributed by atoms with Crippen LogP contribution in [-0.2, 0) is 24.7 Å². The van der Waals surface area contributed by atoms with Crippen molar-refractivity contribution in [3.05, 3.63) is 51.8 Å². The standard InChI is InChI=1S/C17H22N2O/c1-11-6-7-12(2)15(8-11)9-16(20)10-17-13(3)18-19(5)14(17)4/h6-8H,9-10H2,1-5H3. The quantitative estimate of drug-likeness (QED) is 0.856. The molecule has 2 rings (SSSR count). The summed E-state index contributed by atoms with van der Waals surface area (Å²) in [5.41, 5.74) is 6.63. The first-order valence-electron chi connectivity index (χ1n) is 6.95. The molecular formula is C17H22N2O. The number of hydrogen-bond donors (Lipinski definition) is 0. The molecule has 1 aromatic heterocycles. The van der Waals surface area contributed by atoms with E-state index in [0.717, 1.165) is 22.5 Å². The van der Waals surface area contributed by atoms with E-state index in [4.69, 9.17) is 0 Å². The Morgan fingerprint density at radius 3 is 2.45 bits per heavy atom. The minimum atomic E-state index is 0.248. The summed E-state index contributed by atoms with van der Waals surface area (Å²) in [4.78, 5) is 12.3. The number of ketones is 1. The molecule has 106 valence electrons. The Morgan fingerprint density at radius 2 is 1.85 bits per heavy atom. The highest BCUT2D eigenvalue weighted by Crippen LogP contribution is 2.16. The first-order valence-corrected chi connectivity index (χ1v) is 6.95. The maximum atomic E-state index is 12.3. The average molecular weight is 270 g/mol. The summed E-state index contributed by atoms with van der Waals surface area (Å²) in [7, 11) is 1.92. The van der Waals surface area contributed by atoms with Crippen molar-refractivity contribution in [1.29, 1.82) is 0 Å². The Hall–Kier alpha value is -1.90. The van der Waals surface area contributed by atoms with Gasteiger partial charge in [-0.2, -0.15) is 5.10 Å². The van der Waals surface area contributed by atoms with Crippen molar-refractivity contribution >= 4 is 5.78 Å². The van der Waals surface area contributed by atoms with E-state index < -0.39 is 0 Å². The lowest BCUT2D eigenvalue weighted by atomic mass is 9.97. The molecule has 0 radical (unpaired) electrons. The zero-order valence-corrected chi connectivity index (χ0v) is 12.9. The van der Waals surface area contributed by atoms with E-state index >= 15 is 0 Å². The Bertz CT molecular complexity index is 653. The van der Waals surface area contributed by atoms with Crippen LogP contribution in [0.5, 0.6) is 0 Å². The summed E-state index contributed by atoms with van der Waals surface area (Å²) in [5, 5.41) is 4.37. The number of carbonyl (C=O) groups excluding carboxylic acids is 1. The SMILES string of the molecule is Cc1ccc(C)c(CC(=O)Cc2c(C)nn(C)c2C)c1. The van der Waals surface area contributed by atoms with Crippen LogP contribution in [0.3, 0.4) is 0 Å². The zero-order chi connectivity index (χ0) is 14.9. The molecule has 0 bridgehead atoms. The molecule has 1 heterocycles. The predicted molar refractivity (Wildman–Crippen MR) is 81.0 cm³/mol. The number of nitrogens with zero attached hydrogens (tertiary/aromatic N) is 2. The normalized spacial score (nSPS) is 10.8. The lowest BCUT2D eigenvalue weighted by Crippen LogP contribution is -2.09. The molecule has 0 N–H and O–H groups in total. The molecule has 0 unspecified atom stereocenters. The van der Waals surface area contributed by atoms with Crippen molar-refractivity contribution in [2.45, 2.75) is 40.5 Å². The van der Waals surface area contributed by atoms with Gasteiger partial charge in [0.05, 0.1) is 5.69 Å². The van der Waals surface area contributed by atoms with Gasteiger partial charge in [0.1, 0.15) is 5.78 Å². The number of carbonyl (C=O) groups is 1. The fraction of sp³-hybridized carbons (Fsp3) is 0.412. The lowest BCUT2D eigenvalue weighted by molar-refractivity contribution is -0.117. The number of hydrogen-bond acceptors (Lipinski definition) is 2. The first-order chi connectivity index (χ1) is 9.38. The van der Waals surface area contributed by atoms with Gasteiger partial charge in [-0.25, -0.2) is 0 Å². The summed E-state index contributed by atoms with van der Waals surface area (Å²) in [6, 6.07) is 6.27. The first kappa shape index (κ1) is 14.5. The van der Waals surface area contributed by atoms with E-state index in [1.54, 1.807) is 0 Å². The van der Waals surface area contributed by atoms with Crippen molar-refractivity contribution in [3.8, 4) is 0 Å². The Kier molecular flexibility index (Phi) is 4.07. The van der Waals surface area contributed by atoms with Crippen LogP contribution in [0.1, 0.15) is 33.6 Å². The molecule has 0 aliphatic heterocycles. The Labute approximate surface area is 120 Å². The van der Waals surface area contributed by atoms with Gasteiger partial charge in [-0.3, -0.25) is 9.48 Å². The van der Waals surface area contributed by atoms with Gasteiger partial charge >= 0.3 is 0 Å². The number of aryl methyl sites for hydroxylation is 4. The molecule has 3 heteroatoms. The van der Waals surface area contributed by atoms with E-state index in [0.29, 0.717) is 12.8 Å². The van der Waals surface area contributed by atoms with Crippen molar-refractivity contribution in [3.63, 3.8) is 0 Å². The molecule has 0 saturated heterocycles. The number of aromatic nitrogens is 2. The fourth-order valence-corrected chi connectivity index (χ4v) is 2.54. The van der Waals surface area contributed by atoms with Crippen LogP contribution in [0.25, 0.3) is 0 Å². The third kappa shape index (κ3) is 2.98. The summed E-state index contributed by atoms with van der Waals surface area (Å²) in [6.45, 7) is 8.10. The van der Waals surface area contributed by atoms with Crippen LogP contribution in [0, 0.1) is 27.7 Å². The third-order valence-corrected chi connectivity index (χ3v) is 3.93. The summed E-state index contributed by atoms with van der Waals surface area (Å²) in [5.74, 6) is 0.248. The van der Waals surface area contributed by atoms with Gasteiger partial charge < -0.3 is 0 Å². The second kappa shape index (κ2) is 5.61. The monoisotopic (exact) mass is 270 g/mol. The smallest absolute Gasteiger partial charge is 0.141 e. The predicted octanol–water partition coefficient (Wildman–Crippen LogP) is 3.01. The minimum absolute atomic E-state index is 0.248. The molecule has 20 heavy (non-hydrogen) atoms. The third-order valence-electron chi connectivity index (χ3n) is 3.93. The van der Waals surface area contributed by atoms with E-state index in [1.165, 1.54) is 11.1 Å². The van der Waals surface area contributed by atoms with Gasteiger partial charge in [-0.1, -0.05) is 23.8 Å². The molecule has 2 aromatic rings. The molecule has 1 aromatic carbocycles. The van der Waals surface area contributed by atoms with E-state index in [9.17, 15) is 4.79 Å². The van der Waals surface area contributed by atoms with Crippen LogP contribution in [0.15, 0.2) is 18.2 Å². The Morgan fingerprint density at radius 1 is 1.15 bits per heavy atom. The van der Waals surface area contributed by atoms with Crippen molar-refractivity contribution in [1.82, 2.24) is 9.78 Å². The molecule has 0 aliphatic carbocycles. The number of benzene rings is 1. The van der Waals surface area contributed by atoms with Gasteiger partial charge in [0.15, 0.2) is 0 Å². The van der Waals surface area contributed by atoms with Gasteiger partial charge in [0.2, 0.25) is 0 Å². The van der Waals surface area contributed by atoms with Crippen LogP contribution in [0.4, 0.5) is 0 Å². The van der Waals surface area contributed by atoms with Gasteiger partial charge in [-0.05, 0) is 38.8 Å². The topological polar surface area (TPSA) is 34.9 Å². The number of rotatable bonds is 4. The maximum Gasteiger partial charge on any atom is 0.141 e. The molecule has 0 amide bonds. The molecule has 3 nitrogen and oxygen atoms in total. The molecule has 0 spiro atoms. The minimum Gasteiger partial charge on any atom is -0.299 e. The van der Waals surface area contributed by atoms with Gasteiger partial charge in [-0.15, -0.1) is 0 Å². The van der Waals surface area contributed by atoms with Crippen LogP contribution in [0.2, 0.25) is 0 Å². The summed E-state index contributed by atoms with van der Waals surface area (Å²) < 4.78 is 1.84. The highest BCUT2D eigenvalue weighted by atomic mass is 16.1. The van der Waals surface area contributed by atoms with Gasteiger partial charge in [0.25, 0.3) is 0 Å². The highest BCUT2D eigenvalue weighted by molar-refractivity contribution is 5.83. The highest BCUT2D eigenvalue weighted by Gasteiger charge is 2.14. The van der Waals surface area contributed by atoms with Crippen LogP contribution >= 0.6 is 0 Å². The average Bonchev–Trinajstić information content (AvgIpc) is 2.61. The fourth-order valence-electron chi connectivity index (χ4n) is 2.54. The van der Waals surface area contributed by atoms with Crippen LogP contribution in [-0.4, -0.2) is 15.6 Å². The lowest BCUT2D eigenvalue weighted by Gasteiger charge is -2.07. The molecule has 0 saturated carbocycles. The van der Waals surface area contributed by atoms with E-state index in [-0.39, 0.29) is 5.78 Å². The molecule has 0 fully saturated rings. The maximum absolute atomic E-state index is 12.3. The van der Waals surface area contributed by atoms with Crippen molar-refractivity contribution < 1.29 is 4.79 Å². The summed E-state index contributed by atoms with van der Waals surface area (Å²) in [6.07, 6.45) is 0.972. The zero-order valence-electron chi connectivity index (χ0n) is 12.9. The van der Waals surface area contributed by atoms with Gasteiger partial charge in [0, 0.05) is 31.1 Å². The largest absolute Gasteiger partial charge is 0.299 e. The second-order valence-electron chi connectivity index (χ2n) is 5.60. The number of Topliss-reactive ketones (excluding diaryl/α,β-unsaturated/α-hetero) is 1. The molecular weight excluding hydrogens is 248 g/mol. The van der Waals surface area contributed by atoms with Crippen molar-refractivity contribution in [2.24, 2.45) is 7.05 Å². The molecule has 0 aliphatic rings. The van der Waals surface area contributed by atoms with E-state index in [1.807, 2.05) is 25.6 Å². The van der Waals surface area contributed by atoms with Crippen molar-refractivity contribution in [2.75, 3.05) is 0 Å². The Balaban J connectivity index is 2.15. The summed E-state index contributed by atoms with van der Waals surface area (Å²) >= 11 is 0.